The molecule has 2 aromatic carbocycles. The van der Waals surface area contributed by atoms with Gasteiger partial charge in [-0.3, -0.25) is 29.3 Å². The van der Waals surface area contributed by atoms with Crippen molar-refractivity contribution in [1.29, 1.82) is 0 Å². The highest BCUT2D eigenvalue weighted by Gasteiger charge is 2.53. The number of ether oxygens (including phenoxy) is 6. The van der Waals surface area contributed by atoms with Crippen molar-refractivity contribution in [3.05, 3.63) is 63.8 Å². The highest BCUT2D eigenvalue weighted by Crippen LogP contribution is 2.35. The van der Waals surface area contributed by atoms with E-state index in [0.717, 1.165) is 20.8 Å². The van der Waals surface area contributed by atoms with Crippen LogP contribution < -0.4 is 4.74 Å². The molecular formula is C28H27ClN2O12. The predicted octanol–water partition coefficient (Wildman–Crippen LogP) is 3.65. The standard InChI is InChI=1S/C28H27ClN2O12/c1-14(32)38-13-24-25(39-15(2)33)26(40-16(3)34)27(41-17(4)35)28(43-24)42-23-8-6-19(12-21(23)29)30-10-9-18-11-20(31(36)37)5-7-22(18)30/h5-12,24-28H,13H2,1-4H3/t24?,25-,26?,27?,28+/m1/s1. The van der Waals surface area contributed by atoms with Gasteiger partial charge in [-0.1, -0.05) is 11.6 Å². The molecule has 0 radical (unpaired) electrons. The van der Waals surface area contributed by atoms with Crippen LogP contribution in [0.3, 0.4) is 0 Å². The van der Waals surface area contributed by atoms with Gasteiger partial charge in [-0.25, -0.2) is 0 Å². The number of nitro benzene ring substituents is 1. The third-order valence-corrected chi connectivity index (χ3v) is 6.56. The Morgan fingerprint density at radius 3 is 2.14 bits per heavy atom. The largest absolute Gasteiger partial charge is 0.463 e. The van der Waals surface area contributed by atoms with E-state index in [9.17, 15) is 29.3 Å². The SMILES string of the molecule is CC(=O)OCC1O[C@H](Oc2ccc(-n3ccc4cc([N+](=O)[O-])ccc43)cc2Cl)C(OC(C)=O)C(OC(C)=O)[C@@H]1OC(C)=O. The molecule has 5 atom stereocenters. The Hall–Kier alpha value is -4.69. The number of fused-ring (bicyclic) bond motifs is 1. The van der Waals surface area contributed by atoms with E-state index >= 15 is 0 Å². The lowest BCUT2D eigenvalue weighted by Gasteiger charge is -2.44. The van der Waals surface area contributed by atoms with E-state index in [0.29, 0.717) is 16.6 Å². The van der Waals surface area contributed by atoms with E-state index in [1.807, 2.05) is 0 Å². The first-order valence-electron chi connectivity index (χ1n) is 12.9. The topological polar surface area (TPSA) is 172 Å². The molecule has 14 nitrogen and oxygen atoms in total. The molecule has 15 heteroatoms. The van der Waals surface area contributed by atoms with Crippen LogP contribution in [0.5, 0.6) is 5.75 Å². The quantitative estimate of drug-likeness (QED) is 0.148. The van der Waals surface area contributed by atoms with Crippen molar-refractivity contribution < 1.29 is 52.5 Å². The monoisotopic (exact) mass is 618 g/mol. The normalized spacial score (nSPS) is 21.5. The van der Waals surface area contributed by atoms with E-state index < -0.39 is 66.1 Å². The predicted molar refractivity (Wildman–Crippen MR) is 148 cm³/mol. The van der Waals surface area contributed by atoms with Crippen LogP contribution in [-0.2, 0) is 42.9 Å². The molecule has 43 heavy (non-hydrogen) atoms. The molecule has 0 spiro atoms. The molecule has 0 amide bonds. The number of benzene rings is 2. The number of halogens is 1. The lowest BCUT2D eigenvalue weighted by atomic mass is 9.98. The van der Waals surface area contributed by atoms with Gasteiger partial charge < -0.3 is 33.0 Å². The third kappa shape index (κ3) is 7.40. The van der Waals surface area contributed by atoms with Crippen LogP contribution in [0, 0.1) is 10.1 Å². The summed E-state index contributed by atoms with van der Waals surface area (Å²) in [6.45, 7) is 4.10. The molecule has 0 bridgehead atoms. The van der Waals surface area contributed by atoms with Gasteiger partial charge in [0.05, 0.1) is 15.5 Å². The summed E-state index contributed by atoms with van der Waals surface area (Å²) in [6, 6.07) is 10.9. The van der Waals surface area contributed by atoms with E-state index in [-0.39, 0.29) is 16.5 Å². The Balaban J connectivity index is 1.68. The van der Waals surface area contributed by atoms with Gasteiger partial charge in [-0.15, -0.1) is 0 Å². The molecule has 3 aromatic rings. The first kappa shape index (κ1) is 31.3. The van der Waals surface area contributed by atoms with Crippen molar-refractivity contribution in [2.24, 2.45) is 0 Å². The van der Waals surface area contributed by atoms with Crippen molar-refractivity contribution in [2.75, 3.05) is 6.61 Å². The summed E-state index contributed by atoms with van der Waals surface area (Å²) >= 11 is 6.58. The summed E-state index contributed by atoms with van der Waals surface area (Å²) in [6.07, 6.45) is -5.10. The van der Waals surface area contributed by atoms with E-state index in [2.05, 4.69) is 0 Å². The van der Waals surface area contributed by atoms with Gasteiger partial charge in [0, 0.05) is 57.1 Å². The molecule has 1 saturated heterocycles. The summed E-state index contributed by atoms with van der Waals surface area (Å²) < 4.78 is 35.0. The fourth-order valence-electron chi connectivity index (χ4n) is 4.61. The number of carbonyl (C=O) groups is 4. The van der Waals surface area contributed by atoms with Gasteiger partial charge in [0.25, 0.3) is 5.69 Å². The van der Waals surface area contributed by atoms with Gasteiger partial charge in [0.1, 0.15) is 18.5 Å². The van der Waals surface area contributed by atoms with Crippen molar-refractivity contribution in [1.82, 2.24) is 4.57 Å². The second-order valence-electron chi connectivity index (χ2n) is 9.49. The van der Waals surface area contributed by atoms with E-state index in [1.54, 1.807) is 35.0 Å². The van der Waals surface area contributed by atoms with E-state index in [1.165, 1.54) is 25.1 Å². The molecule has 0 N–H and O–H groups in total. The Bertz CT molecular complexity index is 1570. The van der Waals surface area contributed by atoms with Gasteiger partial charge in [-0.05, 0) is 30.3 Å². The van der Waals surface area contributed by atoms with Crippen molar-refractivity contribution >= 4 is 52.1 Å². The number of carbonyl (C=O) groups excluding carboxylic acids is 4. The summed E-state index contributed by atoms with van der Waals surface area (Å²) in [5.41, 5.74) is 1.24. The number of aromatic nitrogens is 1. The van der Waals surface area contributed by atoms with Gasteiger partial charge in [0.2, 0.25) is 12.4 Å². The maximum Gasteiger partial charge on any atom is 0.303 e. The number of nitro groups is 1. The number of non-ortho nitro benzene ring substituents is 1. The Morgan fingerprint density at radius 2 is 1.53 bits per heavy atom. The summed E-state index contributed by atoms with van der Waals surface area (Å²) in [7, 11) is 0. The van der Waals surface area contributed by atoms with Crippen LogP contribution in [0.25, 0.3) is 16.6 Å². The molecule has 228 valence electrons. The van der Waals surface area contributed by atoms with Gasteiger partial charge in [-0.2, -0.15) is 0 Å². The minimum atomic E-state index is -1.46. The second-order valence-corrected chi connectivity index (χ2v) is 9.89. The molecule has 3 unspecified atom stereocenters. The molecule has 0 aliphatic carbocycles. The van der Waals surface area contributed by atoms with Crippen molar-refractivity contribution in [2.45, 2.75) is 58.4 Å². The van der Waals surface area contributed by atoms with Crippen molar-refractivity contribution in [3.8, 4) is 11.4 Å². The number of hydrogen-bond donors (Lipinski definition) is 0. The van der Waals surface area contributed by atoms with Crippen LogP contribution in [0.4, 0.5) is 5.69 Å². The highest BCUT2D eigenvalue weighted by atomic mass is 35.5. The fourth-order valence-corrected chi connectivity index (χ4v) is 4.83. The van der Waals surface area contributed by atoms with E-state index in [4.69, 9.17) is 40.0 Å². The lowest BCUT2D eigenvalue weighted by molar-refractivity contribution is -0.384. The van der Waals surface area contributed by atoms with Crippen LogP contribution in [0.15, 0.2) is 48.7 Å². The number of nitrogens with zero attached hydrogens (tertiary/aromatic N) is 2. The smallest absolute Gasteiger partial charge is 0.303 e. The number of hydrogen-bond acceptors (Lipinski definition) is 12. The second kappa shape index (κ2) is 13.1. The molecular weight excluding hydrogens is 592 g/mol. The van der Waals surface area contributed by atoms with Crippen LogP contribution in [0.1, 0.15) is 27.7 Å². The average molecular weight is 619 g/mol. The summed E-state index contributed by atoms with van der Waals surface area (Å²) in [5, 5.41) is 11.9. The Labute approximate surface area is 249 Å². The average Bonchev–Trinajstić information content (AvgIpc) is 3.34. The molecule has 1 aliphatic heterocycles. The lowest BCUT2D eigenvalue weighted by Crippen LogP contribution is -2.63. The third-order valence-electron chi connectivity index (χ3n) is 6.27. The number of rotatable bonds is 9. The molecule has 4 rings (SSSR count). The Morgan fingerprint density at radius 1 is 0.884 bits per heavy atom. The zero-order chi connectivity index (χ0) is 31.4. The highest BCUT2D eigenvalue weighted by molar-refractivity contribution is 6.32. The number of esters is 4. The first-order chi connectivity index (χ1) is 20.3. The minimum Gasteiger partial charge on any atom is -0.463 e. The van der Waals surface area contributed by atoms with Crippen LogP contribution >= 0.6 is 11.6 Å². The van der Waals surface area contributed by atoms with Crippen LogP contribution in [-0.4, -0.2) is 70.7 Å². The Kier molecular flexibility index (Phi) is 9.51. The first-order valence-corrected chi connectivity index (χ1v) is 13.2. The van der Waals surface area contributed by atoms with Gasteiger partial charge in [0.15, 0.2) is 12.2 Å². The molecule has 0 saturated carbocycles. The summed E-state index contributed by atoms with van der Waals surface area (Å²) in [5.74, 6) is -2.89. The zero-order valence-electron chi connectivity index (χ0n) is 23.4. The fraction of sp³-hybridized carbons (Fsp3) is 0.357. The minimum absolute atomic E-state index is 0.0446. The zero-order valence-corrected chi connectivity index (χ0v) is 24.1. The summed E-state index contributed by atoms with van der Waals surface area (Å²) in [4.78, 5) is 58.2. The molecule has 1 aliphatic rings. The van der Waals surface area contributed by atoms with Crippen molar-refractivity contribution in [3.63, 3.8) is 0 Å². The molecule has 1 aromatic heterocycles. The molecule has 2 heterocycles. The maximum absolute atomic E-state index is 12.1. The molecule has 1 fully saturated rings. The van der Waals surface area contributed by atoms with Gasteiger partial charge >= 0.3 is 23.9 Å². The maximum atomic E-state index is 12.1. The van der Waals surface area contributed by atoms with Crippen LogP contribution in [0.2, 0.25) is 5.02 Å².